The summed E-state index contributed by atoms with van der Waals surface area (Å²) in [5.41, 5.74) is 6.59. The Morgan fingerprint density at radius 1 is 1.31 bits per heavy atom. The number of ether oxygens (including phenoxy) is 1. The molecular weight excluding hydrogens is 374 g/mol. The van der Waals surface area contributed by atoms with Gasteiger partial charge in [0.15, 0.2) is 23.0 Å². The third-order valence-corrected chi connectivity index (χ3v) is 6.79. The van der Waals surface area contributed by atoms with Gasteiger partial charge in [-0.15, -0.1) is 0 Å². The number of benzene rings is 1. The molecule has 2 bridgehead atoms. The fraction of sp³-hybridized carbons (Fsp3) is 0.524. The number of nitrogens with one attached hydrogen (secondary N) is 1. The number of carbonyl (C=O) groups excluding carboxylic acids is 2. The molecule has 1 aromatic rings. The van der Waals surface area contributed by atoms with Gasteiger partial charge in [0, 0.05) is 18.8 Å². The minimum atomic E-state index is -1.14. The molecule has 0 amide bonds. The third-order valence-electron chi connectivity index (χ3n) is 6.79. The molecule has 0 radical (unpaired) electrons. The Labute approximate surface area is 168 Å². The van der Waals surface area contributed by atoms with E-state index < -0.39 is 41.1 Å². The summed E-state index contributed by atoms with van der Waals surface area (Å²) in [7, 11) is 0. The topological polar surface area (TPSA) is 134 Å². The van der Waals surface area contributed by atoms with Crippen LogP contribution in [0.2, 0.25) is 0 Å². The Bertz CT molecular complexity index is 884. The van der Waals surface area contributed by atoms with Crippen LogP contribution in [0.1, 0.15) is 37.7 Å². The summed E-state index contributed by atoms with van der Waals surface area (Å²) in [6, 6.07) is 8.03. The standard InChI is InChI=1S/C21H25N3O5/c22-14(10-16(25)29-11-12-5-2-1-3-6-12)19(26)18-17(20(27)28)15-9-13-7-4-8-21(13,18)24(15)23/h1-3,5-6,13-14,17-18,23H,4,7-11,22H2,(H,27,28). The first-order chi connectivity index (χ1) is 13.9. The lowest BCUT2D eigenvalue weighted by Gasteiger charge is -2.35. The molecule has 8 heteroatoms. The number of ketones is 1. The number of Topliss-reactive ketones (excluding diaryl/α,β-unsaturated/α-hetero) is 1. The van der Waals surface area contributed by atoms with Crippen molar-refractivity contribution >= 4 is 23.4 Å². The van der Waals surface area contributed by atoms with E-state index in [4.69, 9.17) is 16.3 Å². The van der Waals surface area contributed by atoms with Crippen LogP contribution in [0.4, 0.5) is 0 Å². The summed E-state index contributed by atoms with van der Waals surface area (Å²) in [6.45, 7) is 0.0895. The maximum Gasteiger partial charge on any atom is 0.317 e. The van der Waals surface area contributed by atoms with Crippen molar-refractivity contribution in [1.29, 1.82) is 0 Å². The molecule has 1 saturated carbocycles. The molecule has 154 valence electrons. The Balaban J connectivity index is 1.46. The largest absolute Gasteiger partial charge is 0.481 e. The van der Waals surface area contributed by atoms with Crippen LogP contribution in [0.3, 0.4) is 0 Å². The summed E-state index contributed by atoms with van der Waals surface area (Å²) in [6.07, 6.45) is 2.60. The van der Waals surface area contributed by atoms with E-state index in [0.717, 1.165) is 18.4 Å². The first kappa shape index (κ1) is 19.6. The van der Waals surface area contributed by atoms with Crippen LogP contribution >= 0.6 is 0 Å². The predicted molar refractivity (Wildman–Crippen MR) is 103 cm³/mol. The van der Waals surface area contributed by atoms with Crippen LogP contribution in [0, 0.1) is 17.8 Å². The minimum absolute atomic E-state index is 0.0895. The molecule has 3 aliphatic rings. The fourth-order valence-corrected chi connectivity index (χ4v) is 5.57. The van der Waals surface area contributed by atoms with Crippen LogP contribution in [-0.2, 0) is 25.7 Å². The van der Waals surface area contributed by atoms with E-state index in [1.54, 1.807) is 0 Å². The number of hydrogen-bond donors (Lipinski definition) is 2. The quantitative estimate of drug-likeness (QED) is 0.530. The third kappa shape index (κ3) is 3.02. The molecule has 4 N–H and O–H groups in total. The molecule has 5 unspecified atom stereocenters. The number of carbonyl (C=O) groups is 3. The van der Waals surface area contributed by atoms with Crippen LogP contribution in [0.5, 0.6) is 0 Å². The molecule has 29 heavy (non-hydrogen) atoms. The highest BCUT2D eigenvalue weighted by Gasteiger charge is 2.72. The number of hydrogen-bond acceptors (Lipinski definition) is 5. The van der Waals surface area contributed by atoms with Gasteiger partial charge in [-0.05, 0) is 18.4 Å². The van der Waals surface area contributed by atoms with Gasteiger partial charge in [-0.3, -0.25) is 19.1 Å². The Kier molecular flexibility index (Phi) is 4.90. The summed E-state index contributed by atoms with van der Waals surface area (Å²) in [5.74, 6) is 4.51. The van der Waals surface area contributed by atoms with E-state index in [1.807, 2.05) is 30.3 Å². The fourth-order valence-electron chi connectivity index (χ4n) is 5.57. The summed E-state index contributed by atoms with van der Waals surface area (Å²) < 4.78 is 6.51. The highest BCUT2D eigenvalue weighted by atomic mass is 16.5. The van der Waals surface area contributed by atoms with Crippen molar-refractivity contribution in [1.82, 2.24) is 0 Å². The van der Waals surface area contributed by atoms with Crippen molar-refractivity contribution in [3.8, 4) is 0 Å². The summed E-state index contributed by atoms with van der Waals surface area (Å²) in [5, 5.41) is 9.75. The van der Waals surface area contributed by atoms with Gasteiger partial charge >= 0.3 is 11.9 Å². The smallest absolute Gasteiger partial charge is 0.317 e. The van der Waals surface area contributed by atoms with Crippen molar-refractivity contribution < 1.29 is 28.9 Å². The minimum Gasteiger partial charge on any atom is -0.481 e. The van der Waals surface area contributed by atoms with Crippen molar-refractivity contribution in [2.45, 2.75) is 50.3 Å². The molecular formula is C21H25N3O5. The Morgan fingerprint density at radius 2 is 2.03 bits per heavy atom. The number of aliphatic carboxylic acids is 1. The van der Waals surface area contributed by atoms with E-state index in [2.05, 4.69) is 0 Å². The van der Waals surface area contributed by atoms with Gasteiger partial charge in [-0.1, -0.05) is 30.3 Å². The summed E-state index contributed by atoms with van der Waals surface area (Å²) >= 11 is 0. The zero-order valence-electron chi connectivity index (χ0n) is 16.0. The first-order valence-electron chi connectivity index (χ1n) is 9.95. The number of nitrogens with two attached hydrogens (primary N) is 1. The molecule has 8 nitrogen and oxygen atoms in total. The maximum atomic E-state index is 13.2. The number of carboxylic acids is 1. The molecule has 1 aromatic carbocycles. The second kappa shape index (κ2) is 7.26. The second-order valence-corrected chi connectivity index (χ2v) is 8.26. The predicted octanol–water partition coefficient (Wildman–Crippen LogP) is 1.71. The molecule has 0 saturated heterocycles. The summed E-state index contributed by atoms with van der Waals surface area (Å²) in [4.78, 5) is 37.3. The average molecular weight is 399 g/mol. The number of carboxylic acid groups (broad SMARTS) is 1. The van der Waals surface area contributed by atoms with Crippen LogP contribution in [0.15, 0.2) is 30.3 Å². The van der Waals surface area contributed by atoms with Crippen molar-refractivity contribution in [3.05, 3.63) is 41.7 Å². The molecule has 1 fully saturated rings. The normalized spacial score (nSPS) is 30.9. The molecule has 0 aromatic heterocycles. The van der Waals surface area contributed by atoms with Gasteiger partial charge in [0.25, 0.3) is 0 Å². The Hall–Kier alpha value is -2.74. The van der Waals surface area contributed by atoms with Gasteiger partial charge < -0.3 is 21.4 Å². The first-order valence-corrected chi connectivity index (χ1v) is 9.95. The number of nitrogens with zero attached hydrogens (tertiary/aromatic N) is 1. The molecule has 4 rings (SSSR count). The second-order valence-electron chi connectivity index (χ2n) is 8.26. The molecule has 1 spiro atoms. The molecule has 1 aliphatic carbocycles. The lowest BCUT2D eigenvalue weighted by atomic mass is 9.63. The maximum absolute atomic E-state index is 13.2. The van der Waals surface area contributed by atoms with Crippen LogP contribution < -0.4 is 5.73 Å². The lowest BCUT2D eigenvalue weighted by molar-refractivity contribution is -0.544. The zero-order chi connectivity index (χ0) is 20.8. The monoisotopic (exact) mass is 399 g/mol. The zero-order valence-corrected chi connectivity index (χ0v) is 16.0. The van der Waals surface area contributed by atoms with Crippen LogP contribution in [-0.4, -0.2) is 44.8 Å². The number of esters is 1. The van der Waals surface area contributed by atoms with E-state index >= 15 is 0 Å². The highest BCUT2D eigenvalue weighted by Crippen LogP contribution is 2.58. The molecule has 2 aliphatic heterocycles. The van der Waals surface area contributed by atoms with Crippen molar-refractivity contribution in [3.63, 3.8) is 0 Å². The van der Waals surface area contributed by atoms with E-state index in [9.17, 15) is 19.5 Å². The van der Waals surface area contributed by atoms with Crippen molar-refractivity contribution in [2.75, 3.05) is 0 Å². The van der Waals surface area contributed by atoms with Gasteiger partial charge in [0.1, 0.15) is 12.5 Å². The Morgan fingerprint density at radius 3 is 2.72 bits per heavy atom. The van der Waals surface area contributed by atoms with Gasteiger partial charge in [-0.2, -0.15) is 0 Å². The van der Waals surface area contributed by atoms with Gasteiger partial charge in [0.2, 0.25) is 0 Å². The van der Waals surface area contributed by atoms with E-state index in [-0.39, 0.29) is 18.9 Å². The number of rotatable bonds is 7. The van der Waals surface area contributed by atoms with E-state index in [0.29, 0.717) is 18.6 Å². The van der Waals surface area contributed by atoms with Crippen LogP contribution in [0.25, 0.3) is 5.84 Å². The average Bonchev–Trinajstić information content (AvgIpc) is 3.32. The van der Waals surface area contributed by atoms with Gasteiger partial charge in [0.05, 0.1) is 12.5 Å². The lowest BCUT2D eigenvalue weighted by Crippen LogP contribution is -2.55. The molecule has 2 heterocycles. The van der Waals surface area contributed by atoms with E-state index in [1.165, 1.54) is 4.68 Å². The van der Waals surface area contributed by atoms with Crippen molar-refractivity contribution in [2.24, 2.45) is 23.5 Å². The molecule has 5 atom stereocenters. The SMILES string of the molecule is [NH-][N+]1=C2CC3CCCC31C(C(=O)C(N)CC(=O)OCc1ccccc1)C2C(=O)O. The van der Waals surface area contributed by atoms with Gasteiger partial charge in [-0.25, -0.2) is 0 Å². The highest BCUT2D eigenvalue weighted by molar-refractivity contribution is 6.08.